The Morgan fingerprint density at radius 3 is 2.83 bits per heavy atom. The van der Waals surface area contributed by atoms with Crippen molar-refractivity contribution in [1.29, 1.82) is 0 Å². The highest BCUT2D eigenvalue weighted by atomic mass is 16.5. The molecule has 0 unspecified atom stereocenters. The molecule has 2 atom stereocenters. The van der Waals surface area contributed by atoms with Gasteiger partial charge in [-0.1, -0.05) is 18.7 Å². The molecule has 42 heavy (non-hydrogen) atoms. The Labute approximate surface area is 247 Å². The number of hydrogen-bond acceptors (Lipinski definition) is 9. The van der Waals surface area contributed by atoms with Crippen molar-refractivity contribution in [3.8, 4) is 6.01 Å². The number of ether oxygens (including phenoxy) is 2. The fourth-order valence-corrected chi connectivity index (χ4v) is 6.61. The van der Waals surface area contributed by atoms with Crippen LogP contribution in [-0.2, 0) is 22.5 Å². The van der Waals surface area contributed by atoms with E-state index in [1.807, 2.05) is 17.3 Å². The number of amides is 1. The predicted molar refractivity (Wildman–Crippen MR) is 164 cm³/mol. The average molecular weight is 572 g/mol. The zero-order chi connectivity index (χ0) is 29.1. The summed E-state index contributed by atoms with van der Waals surface area (Å²) in [6.07, 6.45) is 9.07. The van der Waals surface area contributed by atoms with Gasteiger partial charge in [-0.15, -0.1) is 0 Å². The van der Waals surface area contributed by atoms with Gasteiger partial charge in [0.25, 0.3) is 0 Å². The van der Waals surface area contributed by atoms with Gasteiger partial charge in [-0.25, -0.2) is 0 Å². The van der Waals surface area contributed by atoms with E-state index in [0.717, 1.165) is 54.9 Å². The van der Waals surface area contributed by atoms with Crippen LogP contribution in [0, 0.1) is 0 Å². The van der Waals surface area contributed by atoms with E-state index < -0.39 is 0 Å². The second-order valence-electron chi connectivity index (χ2n) is 11.5. The predicted octanol–water partition coefficient (Wildman–Crippen LogP) is 3.30. The molecule has 0 radical (unpaired) electrons. The number of anilines is 2. The smallest absolute Gasteiger partial charge is 0.318 e. The Morgan fingerprint density at radius 2 is 2.02 bits per heavy atom. The summed E-state index contributed by atoms with van der Waals surface area (Å²) in [6, 6.07) is 9.27. The Kier molecular flexibility index (Phi) is 8.53. The molecule has 222 valence electrons. The topological polar surface area (TPSA) is 87.2 Å². The van der Waals surface area contributed by atoms with E-state index in [4.69, 9.17) is 19.4 Å². The SMILES string of the molecule is C=CC(=O)N1CCN(c2nc(OC[C@@H]3CCCN3C)nc3c2CCN(c2cccc4ccncc24)C3)C[C@@H]1CCOC. The van der Waals surface area contributed by atoms with Crippen LogP contribution < -0.4 is 14.5 Å². The van der Waals surface area contributed by atoms with E-state index >= 15 is 0 Å². The number of piperazine rings is 1. The fraction of sp³-hybridized carbons (Fsp3) is 0.500. The summed E-state index contributed by atoms with van der Waals surface area (Å²) in [7, 11) is 3.85. The minimum absolute atomic E-state index is 0.00888. The maximum atomic E-state index is 12.7. The number of rotatable bonds is 9. The molecule has 2 saturated heterocycles. The summed E-state index contributed by atoms with van der Waals surface area (Å²) >= 11 is 0. The molecule has 3 aliphatic rings. The van der Waals surface area contributed by atoms with Gasteiger partial charge in [0.2, 0.25) is 5.91 Å². The number of hydrogen-bond donors (Lipinski definition) is 0. The van der Waals surface area contributed by atoms with Crippen LogP contribution >= 0.6 is 0 Å². The number of pyridine rings is 1. The van der Waals surface area contributed by atoms with Crippen LogP contribution in [0.2, 0.25) is 0 Å². The third kappa shape index (κ3) is 5.78. The minimum atomic E-state index is -0.0367. The molecule has 6 rings (SSSR count). The van der Waals surface area contributed by atoms with Crippen LogP contribution in [0.1, 0.15) is 30.5 Å². The summed E-state index contributed by atoms with van der Waals surface area (Å²) in [5.74, 6) is 0.896. The normalized spacial score (nSPS) is 21.0. The highest BCUT2D eigenvalue weighted by molar-refractivity contribution is 5.93. The van der Waals surface area contributed by atoms with Gasteiger partial charge in [0.05, 0.1) is 18.3 Å². The molecule has 3 aromatic rings. The molecule has 1 amide bonds. The van der Waals surface area contributed by atoms with Crippen molar-refractivity contribution in [3.05, 3.63) is 60.6 Å². The molecule has 0 bridgehead atoms. The molecule has 10 nitrogen and oxygen atoms in total. The molecular formula is C32H41N7O3. The van der Waals surface area contributed by atoms with E-state index in [1.54, 1.807) is 7.11 Å². The van der Waals surface area contributed by atoms with Crippen LogP contribution in [0.5, 0.6) is 6.01 Å². The first kappa shape index (κ1) is 28.4. The monoisotopic (exact) mass is 571 g/mol. The van der Waals surface area contributed by atoms with Crippen molar-refractivity contribution < 1.29 is 14.3 Å². The molecule has 3 aliphatic heterocycles. The number of carbonyl (C=O) groups is 1. The third-order valence-corrected chi connectivity index (χ3v) is 9.00. The lowest BCUT2D eigenvalue weighted by molar-refractivity contribution is -0.129. The number of methoxy groups -OCH3 is 1. The summed E-state index contributed by atoms with van der Waals surface area (Å²) in [4.78, 5) is 36.1. The molecule has 10 heteroatoms. The highest BCUT2D eigenvalue weighted by Crippen LogP contribution is 2.34. The Bertz CT molecular complexity index is 1430. The van der Waals surface area contributed by atoms with Crippen molar-refractivity contribution in [2.75, 3.05) is 69.9 Å². The van der Waals surface area contributed by atoms with Gasteiger partial charge < -0.3 is 29.1 Å². The van der Waals surface area contributed by atoms with Gasteiger partial charge in [0.15, 0.2) is 0 Å². The lowest BCUT2D eigenvalue weighted by atomic mass is 10.0. The standard InChI is InChI=1S/C32H41N7O3/c1-4-30(40)39-17-16-38(20-24(39)12-18-41-3)31-26-11-15-37(29-9-5-7-23-10-13-33-19-27(23)29)21-28(26)34-32(35-31)42-22-25-8-6-14-36(25)2/h4-5,7,9-10,13,19,24-25H,1,6,8,11-12,14-18,20-22H2,2-3H3/t24-,25-/m0/s1. The quantitative estimate of drug-likeness (QED) is 0.359. The molecule has 2 aromatic heterocycles. The van der Waals surface area contributed by atoms with Crippen molar-refractivity contribution in [2.45, 2.75) is 44.3 Å². The molecule has 0 saturated carbocycles. The molecule has 0 N–H and O–H groups in total. The lowest BCUT2D eigenvalue weighted by Gasteiger charge is -2.43. The summed E-state index contributed by atoms with van der Waals surface area (Å²) < 4.78 is 11.7. The second kappa shape index (κ2) is 12.6. The summed E-state index contributed by atoms with van der Waals surface area (Å²) in [5, 5.41) is 2.32. The fourth-order valence-electron chi connectivity index (χ4n) is 6.61. The number of nitrogens with zero attached hydrogens (tertiary/aromatic N) is 7. The van der Waals surface area contributed by atoms with Crippen molar-refractivity contribution in [1.82, 2.24) is 24.8 Å². The maximum Gasteiger partial charge on any atom is 0.318 e. The van der Waals surface area contributed by atoms with Crippen LogP contribution in [0.25, 0.3) is 10.8 Å². The van der Waals surface area contributed by atoms with Crippen LogP contribution in [-0.4, -0.2) is 103 Å². The lowest BCUT2D eigenvalue weighted by Crippen LogP contribution is -2.55. The highest BCUT2D eigenvalue weighted by Gasteiger charge is 2.33. The molecule has 1 aromatic carbocycles. The number of benzene rings is 1. The number of likely N-dealkylation sites (N-methyl/N-ethyl adjacent to an activating group) is 1. The first-order valence-corrected chi connectivity index (χ1v) is 15.0. The van der Waals surface area contributed by atoms with Crippen LogP contribution in [0.3, 0.4) is 0 Å². The molecular weight excluding hydrogens is 530 g/mol. The first-order valence-electron chi connectivity index (χ1n) is 15.0. The van der Waals surface area contributed by atoms with Crippen LogP contribution in [0.15, 0.2) is 49.3 Å². The number of aromatic nitrogens is 3. The Balaban J connectivity index is 1.32. The molecule has 0 aliphatic carbocycles. The van der Waals surface area contributed by atoms with Crippen molar-refractivity contribution >= 4 is 28.2 Å². The molecule has 5 heterocycles. The maximum absolute atomic E-state index is 12.7. The molecule has 2 fully saturated rings. The third-order valence-electron chi connectivity index (χ3n) is 9.00. The largest absolute Gasteiger partial charge is 0.462 e. The zero-order valence-corrected chi connectivity index (χ0v) is 24.7. The average Bonchev–Trinajstić information content (AvgIpc) is 3.45. The van der Waals surface area contributed by atoms with E-state index in [1.165, 1.54) is 23.4 Å². The number of likely N-dealkylation sites (tertiary alicyclic amines) is 1. The van der Waals surface area contributed by atoms with E-state index in [-0.39, 0.29) is 11.9 Å². The number of carbonyl (C=O) groups excluding carboxylic acids is 1. The Hall–Kier alpha value is -3.76. The van der Waals surface area contributed by atoms with Gasteiger partial charge in [-0.05, 0) is 62.9 Å². The van der Waals surface area contributed by atoms with Gasteiger partial charge in [-0.2, -0.15) is 9.97 Å². The van der Waals surface area contributed by atoms with Gasteiger partial charge in [0, 0.05) is 75.0 Å². The van der Waals surface area contributed by atoms with Crippen molar-refractivity contribution in [2.24, 2.45) is 0 Å². The van der Waals surface area contributed by atoms with Gasteiger partial charge in [-0.3, -0.25) is 9.78 Å². The van der Waals surface area contributed by atoms with Crippen LogP contribution in [0.4, 0.5) is 11.5 Å². The van der Waals surface area contributed by atoms with Crippen molar-refractivity contribution in [3.63, 3.8) is 0 Å². The van der Waals surface area contributed by atoms with Gasteiger partial charge >= 0.3 is 6.01 Å². The minimum Gasteiger partial charge on any atom is -0.462 e. The Morgan fingerprint density at radius 1 is 1.12 bits per heavy atom. The van der Waals surface area contributed by atoms with Gasteiger partial charge in [0.1, 0.15) is 12.4 Å². The zero-order valence-electron chi connectivity index (χ0n) is 24.7. The molecule has 0 spiro atoms. The van der Waals surface area contributed by atoms with E-state index in [9.17, 15) is 4.79 Å². The second-order valence-corrected chi connectivity index (χ2v) is 11.5. The van der Waals surface area contributed by atoms with E-state index in [2.05, 4.69) is 57.6 Å². The first-order chi connectivity index (χ1) is 20.6. The summed E-state index contributed by atoms with van der Waals surface area (Å²) in [6.45, 7) is 9.47. The van der Waals surface area contributed by atoms with E-state index in [0.29, 0.717) is 51.4 Å². The number of fused-ring (bicyclic) bond motifs is 2. The summed E-state index contributed by atoms with van der Waals surface area (Å²) in [5.41, 5.74) is 3.33.